The van der Waals surface area contributed by atoms with Crippen LogP contribution in [0.25, 0.3) is 0 Å². The van der Waals surface area contributed by atoms with Crippen LogP contribution in [-0.2, 0) is 4.79 Å². The second-order valence-electron chi connectivity index (χ2n) is 1.95. The Morgan fingerprint density at radius 3 is 2.67 bits per heavy atom. The predicted molar refractivity (Wildman–Crippen MR) is 33.0 cm³/mol. The van der Waals surface area contributed by atoms with Crippen molar-refractivity contribution in [3.63, 3.8) is 0 Å². The molecule has 0 aromatic rings. The van der Waals surface area contributed by atoms with E-state index < -0.39 is 0 Å². The molecule has 9 heavy (non-hydrogen) atoms. The number of allylic oxidation sites excluding steroid dienone is 1. The quantitative estimate of drug-likeness (QED) is 0.417. The van der Waals surface area contributed by atoms with Crippen molar-refractivity contribution in [3.05, 3.63) is 11.3 Å². The molecular formula is C5H9N3O. The maximum atomic E-state index is 10.5. The summed E-state index contributed by atoms with van der Waals surface area (Å²) in [6, 6.07) is 0. The molecule has 1 aliphatic rings. The minimum absolute atomic E-state index is 0.356. The Balaban J connectivity index is 2.78. The van der Waals surface area contributed by atoms with Gasteiger partial charge < -0.3 is 11.2 Å². The lowest BCUT2D eigenvalue weighted by Crippen LogP contribution is -2.23. The van der Waals surface area contributed by atoms with Gasteiger partial charge >= 0.3 is 0 Å². The van der Waals surface area contributed by atoms with Crippen molar-refractivity contribution in [1.82, 2.24) is 10.9 Å². The van der Waals surface area contributed by atoms with Crippen molar-refractivity contribution in [2.45, 2.75) is 6.92 Å². The molecule has 1 aliphatic heterocycles. The van der Waals surface area contributed by atoms with Crippen molar-refractivity contribution in [2.24, 2.45) is 5.73 Å². The summed E-state index contributed by atoms with van der Waals surface area (Å²) in [5, 5.41) is 0. The second kappa shape index (κ2) is 2.06. The molecular weight excluding hydrogens is 118 g/mol. The van der Waals surface area contributed by atoms with E-state index in [1.165, 1.54) is 0 Å². The third-order valence-electron chi connectivity index (χ3n) is 1.29. The molecule has 0 bridgehead atoms. The van der Waals surface area contributed by atoms with Crippen LogP contribution in [0.15, 0.2) is 11.3 Å². The van der Waals surface area contributed by atoms with E-state index in [1.54, 1.807) is 6.92 Å². The highest BCUT2D eigenvalue weighted by atomic mass is 16.1. The van der Waals surface area contributed by atoms with Gasteiger partial charge in [0, 0.05) is 12.2 Å². The number of hydrazine groups is 1. The van der Waals surface area contributed by atoms with E-state index >= 15 is 0 Å². The summed E-state index contributed by atoms with van der Waals surface area (Å²) in [5.74, 6) is -0.356. The summed E-state index contributed by atoms with van der Waals surface area (Å²) in [5.41, 5.74) is 12.0. The average Bonchev–Trinajstić information content (AvgIpc) is 2.13. The summed E-state index contributed by atoms with van der Waals surface area (Å²) in [6.07, 6.45) is 0. The van der Waals surface area contributed by atoms with Gasteiger partial charge in [-0.05, 0) is 6.92 Å². The first-order valence-corrected chi connectivity index (χ1v) is 2.70. The Hall–Kier alpha value is -1.03. The molecule has 0 saturated carbocycles. The van der Waals surface area contributed by atoms with Gasteiger partial charge in [0.2, 0.25) is 5.91 Å². The Kier molecular flexibility index (Phi) is 1.40. The first kappa shape index (κ1) is 6.10. The maximum absolute atomic E-state index is 10.5. The number of carbonyl (C=O) groups excluding carboxylic acids is 1. The van der Waals surface area contributed by atoms with Gasteiger partial charge in [0.25, 0.3) is 0 Å². The van der Waals surface area contributed by atoms with Crippen molar-refractivity contribution < 1.29 is 4.79 Å². The lowest BCUT2D eigenvalue weighted by Gasteiger charge is -1.92. The topological polar surface area (TPSA) is 67.2 Å². The van der Waals surface area contributed by atoms with Crippen LogP contribution < -0.4 is 16.6 Å². The first-order chi connectivity index (χ1) is 4.22. The Labute approximate surface area is 53.1 Å². The fourth-order valence-corrected chi connectivity index (χ4v) is 0.745. The summed E-state index contributed by atoms with van der Waals surface area (Å²) in [6.45, 7) is 2.33. The molecule has 4 nitrogen and oxygen atoms in total. The normalized spacial score (nSPS) is 17.9. The monoisotopic (exact) mass is 127 g/mol. The SMILES string of the molecule is CC1=C(C(N)=O)CNN1. The zero-order valence-electron chi connectivity index (χ0n) is 5.19. The van der Waals surface area contributed by atoms with Crippen LogP contribution in [0.4, 0.5) is 0 Å². The second-order valence-corrected chi connectivity index (χ2v) is 1.95. The van der Waals surface area contributed by atoms with Crippen LogP contribution >= 0.6 is 0 Å². The highest BCUT2D eigenvalue weighted by Crippen LogP contribution is 2.01. The summed E-state index contributed by atoms with van der Waals surface area (Å²) in [7, 11) is 0. The Morgan fingerprint density at radius 1 is 1.78 bits per heavy atom. The number of nitrogens with two attached hydrogens (primary N) is 1. The van der Waals surface area contributed by atoms with Crippen LogP contribution in [0.3, 0.4) is 0 Å². The third-order valence-corrected chi connectivity index (χ3v) is 1.29. The molecule has 0 spiro atoms. The lowest BCUT2D eigenvalue weighted by molar-refractivity contribution is -0.114. The molecule has 1 rings (SSSR count). The third kappa shape index (κ3) is 1.02. The zero-order chi connectivity index (χ0) is 6.85. The van der Waals surface area contributed by atoms with Gasteiger partial charge in [-0.1, -0.05) is 0 Å². The molecule has 1 amide bonds. The standard InChI is InChI=1S/C5H9N3O/c1-3-4(5(6)9)2-7-8-3/h7-8H,2H2,1H3,(H2,6,9). The molecule has 50 valence electrons. The summed E-state index contributed by atoms with van der Waals surface area (Å²) < 4.78 is 0. The Bertz CT molecular complexity index is 173. The molecule has 1 heterocycles. The number of nitrogens with one attached hydrogen (secondary N) is 2. The Morgan fingerprint density at radius 2 is 2.44 bits per heavy atom. The maximum Gasteiger partial charge on any atom is 0.247 e. The van der Waals surface area contributed by atoms with Crippen LogP contribution in [0.2, 0.25) is 0 Å². The number of hydrogen-bond acceptors (Lipinski definition) is 3. The van der Waals surface area contributed by atoms with Gasteiger partial charge in [0.1, 0.15) is 0 Å². The van der Waals surface area contributed by atoms with E-state index in [0.717, 1.165) is 5.70 Å². The number of amides is 1. The first-order valence-electron chi connectivity index (χ1n) is 2.70. The highest BCUT2D eigenvalue weighted by Gasteiger charge is 2.13. The van der Waals surface area contributed by atoms with Gasteiger partial charge in [-0.25, -0.2) is 5.43 Å². The van der Waals surface area contributed by atoms with Crippen molar-refractivity contribution in [3.8, 4) is 0 Å². The van der Waals surface area contributed by atoms with Crippen molar-refractivity contribution in [1.29, 1.82) is 0 Å². The van der Waals surface area contributed by atoms with E-state index in [2.05, 4.69) is 10.9 Å². The van der Waals surface area contributed by atoms with Crippen molar-refractivity contribution >= 4 is 5.91 Å². The van der Waals surface area contributed by atoms with Crippen LogP contribution in [-0.4, -0.2) is 12.5 Å². The van der Waals surface area contributed by atoms with Crippen LogP contribution in [0, 0.1) is 0 Å². The van der Waals surface area contributed by atoms with Gasteiger partial charge in [0.05, 0.1) is 5.57 Å². The largest absolute Gasteiger partial charge is 0.366 e. The molecule has 0 radical (unpaired) electrons. The molecule has 0 aromatic carbocycles. The van der Waals surface area contributed by atoms with Gasteiger partial charge in [-0.3, -0.25) is 4.79 Å². The summed E-state index contributed by atoms with van der Waals surface area (Å²) >= 11 is 0. The molecule has 4 N–H and O–H groups in total. The number of primary amides is 1. The minimum Gasteiger partial charge on any atom is -0.366 e. The zero-order valence-corrected chi connectivity index (χ0v) is 5.19. The molecule has 0 atom stereocenters. The van der Waals surface area contributed by atoms with E-state index in [-0.39, 0.29) is 5.91 Å². The lowest BCUT2D eigenvalue weighted by atomic mass is 10.2. The highest BCUT2D eigenvalue weighted by molar-refractivity contribution is 5.93. The van der Waals surface area contributed by atoms with E-state index in [9.17, 15) is 4.79 Å². The average molecular weight is 127 g/mol. The fourth-order valence-electron chi connectivity index (χ4n) is 0.745. The van der Waals surface area contributed by atoms with Gasteiger partial charge in [0.15, 0.2) is 0 Å². The molecule has 0 unspecified atom stereocenters. The minimum atomic E-state index is -0.356. The summed E-state index contributed by atoms with van der Waals surface area (Å²) in [4.78, 5) is 10.5. The number of hydrogen-bond donors (Lipinski definition) is 3. The molecule has 0 saturated heterocycles. The molecule has 4 heteroatoms. The van der Waals surface area contributed by atoms with Crippen molar-refractivity contribution in [2.75, 3.05) is 6.54 Å². The van der Waals surface area contributed by atoms with Gasteiger partial charge in [-0.15, -0.1) is 0 Å². The van der Waals surface area contributed by atoms with Crippen LogP contribution in [0.1, 0.15) is 6.92 Å². The van der Waals surface area contributed by atoms with E-state index in [0.29, 0.717) is 12.1 Å². The van der Waals surface area contributed by atoms with E-state index in [1.807, 2.05) is 0 Å². The van der Waals surface area contributed by atoms with Crippen LogP contribution in [0.5, 0.6) is 0 Å². The predicted octanol–water partition coefficient (Wildman–Crippen LogP) is -1.15. The fraction of sp³-hybridized carbons (Fsp3) is 0.400. The van der Waals surface area contributed by atoms with E-state index in [4.69, 9.17) is 5.73 Å². The smallest absolute Gasteiger partial charge is 0.247 e. The number of rotatable bonds is 1. The molecule has 0 fully saturated rings. The number of carbonyl (C=O) groups is 1. The molecule has 0 aliphatic carbocycles. The molecule has 0 aromatic heterocycles. The van der Waals surface area contributed by atoms with Gasteiger partial charge in [-0.2, -0.15) is 0 Å².